The van der Waals surface area contributed by atoms with Crippen LogP contribution in [0.15, 0.2) is 0 Å². The summed E-state index contributed by atoms with van der Waals surface area (Å²) >= 11 is 0. The number of hydrogen-bond acceptors (Lipinski definition) is 2. The standard InChI is InChI=1S/C13H23F3N2/c1-2-17-10-8-11-4-3-5-12(9-10)18(11)7-6-13(14,15)16/h10-12,17H,2-9H2,1H3. The maximum absolute atomic E-state index is 12.3. The van der Waals surface area contributed by atoms with Crippen molar-refractivity contribution in [3.63, 3.8) is 0 Å². The fourth-order valence-electron chi connectivity index (χ4n) is 3.55. The second-order valence-corrected chi connectivity index (χ2v) is 5.57. The molecular weight excluding hydrogens is 241 g/mol. The lowest BCUT2D eigenvalue weighted by Crippen LogP contribution is -2.56. The van der Waals surface area contributed by atoms with Gasteiger partial charge in [-0.1, -0.05) is 13.3 Å². The summed E-state index contributed by atoms with van der Waals surface area (Å²) in [7, 11) is 0. The van der Waals surface area contributed by atoms with Crippen molar-refractivity contribution in [3.8, 4) is 0 Å². The first-order valence-corrected chi connectivity index (χ1v) is 7.05. The highest BCUT2D eigenvalue weighted by atomic mass is 19.4. The zero-order valence-corrected chi connectivity index (χ0v) is 11.0. The van der Waals surface area contributed by atoms with Crippen LogP contribution in [0, 0.1) is 0 Å². The summed E-state index contributed by atoms with van der Waals surface area (Å²) in [6, 6.07) is 1.24. The number of halogens is 3. The van der Waals surface area contributed by atoms with Crippen LogP contribution in [0.2, 0.25) is 0 Å². The monoisotopic (exact) mass is 264 g/mol. The third-order valence-electron chi connectivity index (χ3n) is 4.27. The number of fused-ring (bicyclic) bond motifs is 2. The Labute approximate surface area is 107 Å². The molecule has 2 unspecified atom stereocenters. The molecule has 0 amide bonds. The predicted octanol–water partition coefficient (Wildman–Crippen LogP) is 2.93. The number of alkyl halides is 3. The number of hydrogen-bond donors (Lipinski definition) is 1. The van der Waals surface area contributed by atoms with Gasteiger partial charge in [0.2, 0.25) is 0 Å². The van der Waals surface area contributed by atoms with E-state index >= 15 is 0 Å². The van der Waals surface area contributed by atoms with Crippen LogP contribution in [0.5, 0.6) is 0 Å². The lowest BCUT2D eigenvalue weighted by molar-refractivity contribution is -0.143. The highest BCUT2D eigenvalue weighted by Gasteiger charge is 2.39. The van der Waals surface area contributed by atoms with E-state index < -0.39 is 12.6 Å². The van der Waals surface area contributed by atoms with Gasteiger partial charge in [-0.2, -0.15) is 13.2 Å². The van der Waals surface area contributed by atoms with Crippen molar-refractivity contribution in [2.75, 3.05) is 13.1 Å². The van der Waals surface area contributed by atoms with E-state index in [2.05, 4.69) is 17.1 Å². The summed E-state index contributed by atoms with van der Waals surface area (Å²) in [5.74, 6) is 0. The van der Waals surface area contributed by atoms with Crippen LogP contribution in [0.25, 0.3) is 0 Å². The molecule has 0 aromatic rings. The van der Waals surface area contributed by atoms with Crippen LogP contribution >= 0.6 is 0 Å². The summed E-state index contributed by atoms with van der Waals surface area (Å²) in [4.78, 5) is 2.13. The molecule has 0 saturated carbocycles. The van der Waals surface area contributed by atoms with Crippen LogP contribution in [-0.4, -0.2) is 42.3 Å². The highest BCUT2D eigenvalue weighted by molar-refractivity contribution is 4.94. The average molecular weight is 264 g/mol. The van der Waals surface area contributed by atoms with Crippen LogP contribution in [0.3, 0.4) is 0 Å². The van der Waals surface area contributed by atoms with Crippen LogP contribution in [0.1, 0.15) is 45.4 Å². The zero-order valence-electron chi connectivity index (χ0n) is 11.0. The van der Waals surface area contributed by atoms with E-state index in [1.807, 2.05) is 0 Å². The van der Waals surface area contributed by atoms with Crippen molar-refractivity contribution >= 4 is 0 Å². The van der Waals surface area contributed by atoms with E-state index in [0.29, 0.717) is 18.1 Å². The van der Waals surface area contributed by atoms with Gasteiger partial charge in [0.1, 0.15) is 0 Å². The molecule has 1 N–H and O–H groups in total. The number of rotatable bonds is 4. The van der Waals surface area contributed by atoms with Crippen molar-refractivity contribution in [1.29, 1.82) is 0 Å². The summed E-state index contributed by atoms with van der Waals surface area (Å²) in [6.45, 7) is 3.23. The molecule has 2 fully saturated rings. The molecule has 0 aromatic carbocycles. The topological polar surface area (TPSA) is 15.3 Å². The SMILES string of the molecule is CCNC1CC2CCCC(C1)N2CCC(F)(F)F. The van der Waals surface area contributed by atoms with Gasteiger partial charge in [0.05, 0.1) is 6.42 Å². The molecule has 2 nitrogen and oxygen atoms in total. The molecule has 2 saturated heterocycles. The van der Waals surface area contributed by atoms with Gasteiger partial charge in [-0.15, -0.1) is 0 Å². The molecule has 18 heavy (non-hydrogen) atoms. The molecule has 2 aliphatic heterocycles. The van der Waals surface area contributed by atoms with E-state index in [1.54, 1.807) is 0 Å². The Morgan fingerprint density at radius 3 is 2.28 bits per heavy atom. The number of nitrogens with one attached hydrogen (secondary N) is 1. The Morgan fingerprint density at radius 2 is 1.78 bits per heavy atom. The molecule has 5 heteroatoms. The average Bonchev–Trinajstić information content (AvgIpc) is 2.25. The number of nitrogens with zero attached hydrogens (tertiary/aromatic N) is 1. The van der Waals surface area contributed by atoms with Gasteiger partial charge in [-0.05, 0) is 32.2 Å². The molecule has 0 radical (unpaired) electrons. The van der Waals surface area contributed by atoms with Gasteiger partial charge in [0, 0.05) is 24.7 Å². The summed E-state index contributed by atoms with van der Waals surface area (Å²) in [6.07, 6.45) is 0.659. The maximum atomic E-state index is 12.3. The van der Waals surface area contributed by atoms with Crippen LogP contribution in [0.4, 0.5) is 13.2 Å². The van der Waals surface area contributed by atoms with E-state index in [-0.39, 0.29) is 6.54 Å². The molecule has 0 aromatic heterocycles. The minimum absolute atomic E-state index is 0.192. The fourth-order valence-corrected chi connectivity index (χ4v) is 3.55. The Balaban J connectivity index is 1.91. The van der Waals surface area contributed by atoms with Crippen molar-refractivity contribution < 1.29 is 13.2 Å². The van der Waals surface area contributed by atoms with Crippen LogP contribution in [-0.2, 0) is 0 Å². The highest BCUT2D eigenvalue weighted by Crippen LogP contribution is 2.35. The molecule has 2 rings (SSSR count). The van der Waals surface area contributed by atoms with Gasteiger partial charge in [-0.25, -0.2) is 0 Å². The quantitative estimate of drug-likeness (QED) is 0.840. The molecule has 0 spiro atoms. The molecular formula is C13H23F3N2. The minimum Gasteiger partial charge on any atom is -0.314 e. The Bertz CT molecular complexity index is 253. The third kappa shape index (κ3) is 3.60. The first kappa shape index (κ1) is 14.1. The number of piperidine rings is 2. The summed E-state index contributed by atoms with van der Waals surface area (Å²) < 4.78 is 37.0. The minimum atomic E-state index is -4.02. The third-order valence-corrected chi connectivity index (χ3v) is 4.27. The second-order valence-electron chi connectivity index (χ2n) is 5.57. The molecule has 0 aliphatic carbocycles. The van der Waals surface area contributed by atoms with E-state index in [0.717, 1.165) is 32.2 Å². The Morgan fingerprint density at radius 1 is 1.17 bits per heavy atom. The van der Waals surface area contributed by atoms with Gasteiger partial charge >= 0.3 is 6.18 Å². The lowest BCUT2D eigenvalue weighted by atomic mass is 9.81. The zero-order chi connectivity index (χ0) is 13.2. The molecule has 2 heterocycles. The Kier molecular flexibility index (Phi) is 4.54. The largest absolute Gasteiger partial charge is 0.390 e. The smallest absolute Gasteiger partial charge is 0.314 e. The summed E-state index contributed by atoms with van der Waals surface area (Å²) in [5, 5.41) is 3.46. The lowest BCUT2D eigenvalue weighted by Gasteiger charge is -2.49. The molecule has 2 aliphatic rings. The summed E-state index contributed by atoms with van der Waals surface area (Å²) in [5.41, 5.74) is 0. The fraction of sp³-hybridized carbons (Fsp3) is 1.00. The van der Waals surface area contributed by atoms with Crippen LogP contribution < -0.4 is 5.32 Å². The predicted molar refractivity (Wildman–Crippen MR) is 65.5 cm³/mol. The second kappa shape index (κ2) is 5.78. The first-order chi connectivity index (χ1) is 8.49. The van der Waals surface area contributed by atoms with Crippen molar-refractivity contribution in [1.82, 2.24) is 10.2 Å². The van der Waals surface area contributed by atoms with Gasteiger partial charge < -0.3 is 5.32 Å². The molecule has 2 atom stereocenters. The van der Waals surface area contributed by atoms with Gasteiger partial charge in [-0.3, -0.25) is 4.90 Å². The Hall–Kier alpha value is -0.290. The normalized spacial score (nSPS) is 33.7. The van der Waals surface area contributed by atoms with Crippen molar-refractivity contribution in [3.05, 3.63) is 0 Å². The first-order valence-electron chi connectivity index (χ1n) is 7.05. The maximum Gasteiger partial charge on any atom is 0.390 e. The van der Waals surface area contributed by atoms with E-state index in [1.165, 1.54) is 6.42 Å². The van der Waals surface area contributed by atoms with Gasteiger partial charge in [0.25, 0.3) is 0 Å². The van der Waals surface area contributed by atoms with E-state index in [4.69, 9.17) is 0 Å². The molecule has 106 valence electrons. The van der Waals surface area contributed by atoms with Crippen molar-refractivity contribution in [2.24, 2.45) is 0 Å². The van der Waals surface area contributed by atoms with E-state index in [9.17, 15) is 13.2 Å². The molecule has 2 bridgehead atoms. The van der Waals surface area contributed by atoms with Gasteiger partial charge in [0.15, 0.2) is 0 Å². The van der Waals surface area contributed by atoms with Crippen molar-refractivity contribution in [2.45, 2.75) is 69.8 Å².